The van der Waals surface area contributed by atoms with Gasteiger partial charge in [0.25, 0.3) is 5.91 Å². The van der Waals surface area contributed by atoms with Gasteiger partial charge in [0.1, 0.15) is 5.70 Å². The molecule has 0 saturated carbocycles. The van der Waals surface area contributed by atoms with Crippen LogP contribution in [0.15, 0.2) is 22.3 Å². The Labute approximate surface area is 145 Å². The first-order chi connectivity index (χ1) is 11.4. The lowest BCUT2D eigenvalue weighted by Crippen LogP contribution is -2.54. The maximum Gasteiger partial charge on any atom is 0.353 e. The molecule has 24 heavy (non-hydrogen) atoms. The van der Waals surface area contributed by atoms with Crippen molar-refractivity contribution in [2.75, 3.05) is 13.1 Å². The Hall–Kier alpha value is -1.76. The molecule has 7 heteroatoms. The molecule has 0 aliphatic carbocycles. The molecule has 2 atom stereocenters. The number of hydrogen-bond donors (Lipinski definition) is 1. The number of fused-ring (bicyclic) bond motifs is 1. The zero-order chi connectivity index (χ0) is 17.6. The molecular weight excluding hydrogens is 328 g/mol. The average Bonchev–Trinajstić information content (AvgIpc) is 2.78. The van der Waals surface area contributed by atoms with Gasteiger partial charge in [-0.3, -0.25) is 14.5 Å². The highest BCUT2D eigenvalue weighted by molar-refractivity contribution is 8.03. The van der Waals surface area contributed by atoms with Crippen molar-refractivity contribution in [1.82, 2.24) is 9.80 Å². The van der Waals surface area contributed by atoms with E-state index in [2.05, 4.69) is 0 Å². The lowest BCUT2D eigenvalue weighted by molar-refractivity contribution is -0.142. The number of carboxylic acid groups (broad SMARTS) is 1. The van der Waals surface area contributed by atoms with Crippen LogP contribution in [0.3, 0.4) is 0 Å². The van der Waals surface area contributed by atoms with Crippen LogP contribution in [-0.4, -0.2) is 57.1 Å². The minimum Gasteiger partial charge on any atom is -0.477 e. The number of carbonyl (C=O) groups excluding carboxylic acids is 2. The number of rotatable bonds is 3. The quantitative estimate of drug-likeness (QED) is 0.621. The summed E-state index contributed by atoms with van der Waals surface area (Å²) in [7, 11) is 0. The van der Waals surface area contributed by atoms with Gasteiger partial charge in [-0.05, 0) is 19.8 Å². The van der Waals surface area contributed by atoms with Gasteiger partial charge in [-0.15, -0.1) is 11.8 Å². The van der Waals surface area contributed by atoms with Gasteiger partial charge in [-0.2, -0.15) is 0 Å². The van der Waals surface area contributed by atoms with E-state index >= 15 is 0 Å². The fourth-order valence-electron chi connectivity index (χ4n) is 3.81. The van der Waals surface area contributed by atoms with E-state index in [4.69, 9.17) is 0 Å². The second kappa shape index (κ2) is 6.27. The number of thioether (sulfide) groups is 1. The first-order valence-corrected chi connectivity index (χ1v) is 9.14. The van der Waals surface area contributed by atoms with E-state index in [0.29, 0.717) is 18.7 Å². The maximum absolute atomic E-state index is 12.2. The fraction of sp³-hybridized carbons (Fsp3) is 0.588. The van der Waals surface area contributed by atoms with Crippen LogP contribution in [0.5, 0.6) is 0 Å². The molecule has 130 valence electrons. The zero-order valence-electron chi connectivity index (χ0n) is 14.1. The third-order valence-corrected chi connectivity index (χ3v) is 6.74. The molecule has 6 nitrogen and oxygen atoms in total. The van der Waals surface area contributed by atoms with Crippen LogP contribution in [0.1, 0.15) is 33.6 Å². The number of allylic oxidation sites excluding steroid dienone is 1. The molecular formula is C17H22N2O4S. The normalized spacial score (nSPS) is 29.1. The third kappa shape index (κ3) is 2.55. The first-order valence-electron chi connectivity index (χ1n) is 8.26. The monoisotopic (exact) mass is 350 g/mol. The van der Waals surface area contributed by atoms with Crippen molar-refractivity contribution in [1.29, 1.82) is 0 Å². The van der Waals surface area contributed by atoms with E-state index in [1.54, 1.807) is 24.8 Å². The molecule has 3 aliphatic heterocycles. The number of aliphatic carboxylic acids is 1. The highest BCUT2D eigenvalue weighted by atomic mass is 32.2. The number of amides is 2. The van der Waals surface area contributed by atoms with Gasteiger partial charge in [-0.25, -0.2) is 4.79 Å². The summed E-state index contributed by atoms with van der Waals surface area (Å²) < 4.78 is 0. The van der Waals surface area contributed by atoms with Gasteiger partial charge in [0, 0.05) is 41.7 Å². The smallest absolute Gasteiger partial charge is 0.353 e. The summed E-state index contributed by atoms with van der Waals surface area (Å²) in [5.74, 6) is -1.12. The van der Waals surface area contributed by atoms with Gasteiger partial charge in [0.05, 0.1) is 6.04 Å². The molecule has 0 aromatic carbocycles. The predicted molar refractivity (Wildman–Crippen MR) is 91.1 cm³/mol. The maximum atomic E-state index is 12.2. The largest absolute Gasteiger partial charge is 0.477 e. The van der Waals surface area contributed by atoms with Crippen molar-refractivity contribution >= 4 is 29.5 Å². The SMILES string of the molecule is C/C=C1/C(=O)N2C(C(=O)O)=C(SC3CCN(C(C)=O)CC3)[C@H](C)[C@@H]12. The average molecular weight is 350 g/mol. The summed E-state index contributed by atoms with van der Waals surface area (Å²) in [4.78, 5) is 39.4. The van der Waals surface area contributed by atoms with Crippen LogP contribution in [0.4, 0.5) is 0 Å². The Kier molecular flexibility index (Phi) is 4.46. The molecule has 3 heterocycles. The van der Waals surface area contributed by atoms with Crippen LogP contribution in [-0.2, 0) is 14.4 Å². The Morgan fingerprint density at radius 1 is 1.29 bits per heavy atom. The van der Waals surface area contributed by atoms with Crippen LogP contribution in [0.25, 0.3) is 0 Å². The van der Waals surface area contributed by atoms with Crippen molar-refractivity contribution in [3.63, 3.8) is 0 Å². The molecule has 0 aromatic heterocycles. The second-order valence-corrected chi connectivity index (χ2v) is 7.84. The van der Waals surface area contributed by atoms with E-state index in [1.165, 1.54) is 4.90 Å². The minimum absolute atomic E-state index is 0.0100. The molecule has 2 fully saturated rings. The van der Waals surface area contributed by atoms with E-state index in [0.717, 1.165) is 17.7 Å². The lowest BCUT2D eigenvalue weighted by atomic mass is 9.88. The lowest BCUT2D eigenvalue weighted by Gasteiger charge is -2.40. The molecule has 0 unspecified atom stereocenters. The summed E-state index contributed by atoms with van der Waals surface area (Å²) in [6.45, 7) is 6.82. The van der Waals surface area contributed by atoms with Gasteiger partial charge < -0.3 is 10.0 Å². The number of carbonyl (C=O) groups is 3. The van der Waals surface area contributed by atoms with Crippen LogP contribution in [0, 0.1) is 5.92 Å². The van der Waals surface area contributed by atoms with Crippen LogP contribution < -0.4 is 0 Å². The number of hydrogen-bond acceptors (Lipinski definition) is 4. The molecule has 0 spiro atoms. The summed E-state index contributed by atoms with van der Waals surface area (Å²) in [5.41, 5.74) is 0.866. The number of likely N-dealkylation sites (tertiary alicyclic amines) is 1. The van der Waals surface area contributed by atoms with Crippen molar-refractivity contribution in [2.24, 2.45) is 5.92 Å². The van der Waals surface area contributed by atoms with E-state index in [9.17, 15) is 19.5 Å². The van der Waals surface area contributed by atoms with Crippen molar-refractivity contribution in [3.05, 3.63) is 22.3 Å². The van der Waals surface area contributed by atoms with E-state index in [1.807, 2.05) is 18.7 Å². The zero-order valence-corrected chi connectivity index (χ0v) is 14.9. The van der Waals surface area contributed by atoms with Crippen molar-refractivity contribution < 1.29 is 19.5 Å². The van der Waals surface area contributed by atoms with Crippen molar-refractivity contribution in [2.45, 2.75) is 44.9 Å². The first kappa shape index (κ1) is 17.1. The second-order valence-electron chi connectivity index (χ2n) is 6.49. The summed E-state index contributed by atoms with van der Waals surface area (Å²) >= 11 is 1.59. The third-order valence-electron chi connectivity index (χ3n) is 5.12. The van der Waals surface area contributed by atoms with Crippen LogP contribution >= 0.6 is 11.8 Å². The van der Waals surface area contributed by atoms with Gasteiger partial charge in [0.15, 0.2) is 0 Å². The number of nitrogens with zero attached hydrogens (tertiary/aromatic N) is 2. The van der Waals surface area contributed by atoms with Gasteiger partial charge >= 0.3 is 5.97 Å². The summed E-state index contributed by atoms with van der Waals surface area (Å²) in [6, 6.07) is -0.131. The molecule has 1 N–H and O–H groups in total. The number of carboxylic acids is 1. The fourth-order valence-corrected chi connectivity index (χ4v) is 5.26. The molecule has 0 bridgehead atoms. The Morgan fingerprint density at radius 2 is 1.92 bits per heavy atom. The Bertz CT molecular complexity index is 662. The highest BCUT2D eigenvalue weighted by Gasteiger charge is 2.55. The van der Waals surface area contributed by atoms with Gasteiger partial charge in [-0.1, -0.05) is 13.0 Å². The molecule has 2 amide bonds. The van der Waals surface area contributed by atoms with E-state index < -0.39 is 5.97 Å². The Morgan fingerprint density at radius 3 is 2.42 bits per heavy atom. The highest BCUT2D eigenvalue weighted by Crippen LogP contribution is 2.51. The Balaban J connectivity index is 1.78. The number of β-lactam (4-membered cyclic amide) rings is 1. The molecule has 3 aliphatic rings. The molecule has 2 saturated heterocycles. The predicted octanol–water partition coefficient (Wildman–Crippen LogP) is 1.83. The molecule has 0 aromatic rings. The van der Waals surface area contributed by atoms with Crippen molar-refractivity contribution in [3.8, 4) is 0 Å². The van der Waals surface area contributed by atoms with Gasteiger partial charge in [0.2, 0.25) is 5.91 Å². The summed E-state index contributed by atoms with van der Waals surface area (Å²) in [5, 5.41) is 9.89. The number of piperidine rings is 1. The molecule has 0 radical (unpaired) electrons. The minimum atomic E-state index is -1.03. The molecule has 3 rings (SSSR count). The van der Waals surface area contributed by atoms with Crippen LogP contribution in [0.2, 0.25) is 0 Å². The van der Waals surface area contributed by atoms with E-state index in [-0.39, 0.29) is 34.7 Å². The summed E-state index contributed by atoms with van der Waals surface area (Å²) in [6.07, 6.45) is 3.49. The topological polar surface area (TPSA) is 77.9 Å². The standard InChI is InChI=1S/C17H22N2O4S/c1-4-12-13-9(2)15(14(17(22)23)19(13)16(12)21)24-11-5-7-18(8-6-11)10(3)20/h4,9,11,13H,5-8H2,1-3H3,(H,22,23)/b12-4+/t9-,13+/m1/s1.